The third-order valence-electron chi connectivity index (χ3n) is 1.86. The number of halogens is 1. The molecule has 3 N–H and O–H groups in total. The van der Waals surface area contributed by atoms with E-state index in [1.54, 1.807) is 24.5 Å². The maximum absolute atomic E-state index is 10.8. The molecule has 6 heteroatoms. The number of pyridine rings is 1. The van der Waals surface area contributed by atoms with E-state index in [1.165, 1.54) is 0 Å². The van der Waals surface area contributed by atoms with Gasteiger partial charge >= 0.3 is 5.69 Å². The van der Waals surface area contributed by atoms with Gasteiger partial charge in [0, 0.05) is 18.1 Å². The summed E-state index contributed by atoms with van der Waals surface area (Å²) in [5, 5.41) is 3.53. The SMILES string of the molecule is O=c1[nH]cc(CNc2ccnc(Cl)c2)[nH]1. The summed E-state index contributed by atoms with van der Waals surface area (Å²) in [4.78, 5) is 19.8. The van der Waals surface area contributed by atoms with E-state index in [-0.39, 0.29) is 5.69 Å². The lowest BCUT2D eigenvalue weighted by molar-refractivity contribution is 1.05. The number of rotatable bonds is 3. The van der Waals surface area contributed by atoms with Crippen LogP contribution in [0.2, 0.25) is 5.15 Å². The van der Waals surface area contributed by atoms with Crippen molar-refractivity contribution in [1.29, 1.82) is 0 Å². The highest BCUT2D eigenvalue weighted by Gasteiger charge is 1.97. The van der Waals surface area contributed by atoms with Gasteiger partial charge in [-0.25, -0.2) is 9.78 Å². The van der Waals surface area contributed by atoms with Gasteiger partial charge in [-0.3, -0.25) is 0 Å². The van der Waals surface area contributed by atoms with Crippen LogP contribution in [0.4, 0.5) is 5.69 Å². The van der Waals surface area contributed by atoms with Crippen LogP contribution < -0.4 is 11.0 Å². The van der Waals surface area contributed by atoms with E-state index in [1.807, 2.05) is 0 Å². The molecule has 5 nitrogen and oxygen atoms in total. The molecular weight excluding hydrogens is 216 g/mol. The molecule has 0 fully saturated rings. The first-order chi connectivity index (χ1) is 7.24. The van der Waals surface area contributed by atoms with Gasteiger partial charge in [0.05, 0.1) is 12.2 Å². The number of imidazole rings is 1. The summed E-state index contributed by atoms with van der Waals surface area (Å²) in [6.45, 7) is 0.527. The van der Waals surface area contributed by atoms with Crippen molar-refractivity contribution in [2.24, 2.45) is 0 Å². The Kier molecular flexibility index (Phi) is 2.73. The molecule has 0 saturated heterocycles. The molecule has 0 unspecified atom stereocenters. The average Bonchev–Trinajstić information content (AvgIpc) is 2.62. The number of hydrogen-bond acceptors (Lipinski definition) is 3. The molecule has 2 rings (SSSR count). The number of nitrogens with zero attached hydrogens (tertiary/aromatic N) is 1. The van der Waals surface area contributed by atoms with Gasteiger partial charge in [-0.15, -0.1) is 0 Å². The van der Waals surface area contributed by atoms with Crippen molar-refractivity contribution >= 4 is 17.3 Å². The number of nitrogens with one attached hydrogen (secondary N) is 3. The lowest BCUT2D eigenvalue weighted by Gasteiger charge is -2.03. The second-order valence-corrected chi connectivity index (χ2v) is 3.38. The molecule has 0 aromatic carbocycles. The van der Waals surface area contributed by atoms with E-state index < -0.39 is 0 Å². The summed E-state index contributed by atoms with van der Waals surface area (Å²) < 4.78 is 0. The van der Waals surface area contributed by atoms with Gasteiger partial charge in [-0.1, -0.05) is 11.6 Å². The van der Waals surface area contributed by atoms with Gasteiger partial charge in [-0.05, 0) is 12.1 Å². The molecule has 78 valence electrons. The third kappa shape index (κ3) is 2.60. The molecule has 0 atom stereocenters. The second-order valence-electron chi connectivity index (χ2n) is 2.99. The number of hydrogen-bond donors (Lipinski definition) is 3. The average molecular weight is 225 g/mol. The summed E-state index contributed by atoms with van der Waals surface area (Å²) in [5.41, 5.74) is 1.43. The molecule has 2 heterocycles. The Hall–Kier alpha value is -1.75. The molecule has 0 aliphatic carbocycles. The molecular formula is C9H9ClN4O. The normalized spacial score (nSPS) is 10.2. The van der Waals surface area contributed by atoms with Crippen LogP contribution in [0.25, 0.3) is 0 Å². The molecule has 0 amide bonds. The van der Waals surface area contributed by atoms with Gasteiger partial charge in [-0.2, -0.15) is 0 Å². The highest BCUT2D eigenvalue weighted by molar-refractivity contribution is 6.29. The standard InChI is InChI=1S/C9H9ClN4O/c10-8-3-6(1-2-11-8)12-4-7-5-13-9(15)14-7/h1-3,5H,4H2,(H,11,12)(H2,13,14,15). The number of aromatic nitrogens is 3. The van der Waals surface area contributed by atoms with E-state index >= 15 is 0 Å². The molecule has 0 radical (unpaired) electrons. The van der Waals surface area contributed by atoms with Gasteiger partial charge in [0.2, 0.25) is 0 Å². The van der Waals surface area contributed by atoms with Gasteiger partial charge in [0.25, 0.3) is 0 Å². The minimum atomic E-state index is -0.209. The topological polar surface area (TPSA) is 73.6 Å². The number of aromatic amines is 2. The Morgan fingerprint density at radius 1 is 1.53 bits per heavy atom. The van der Waals surface area contributed by atoms with Crippen LogP contribution in [-0.4, -0.2) is 15.0 Å². The Labute approximate surface area is 90.5 Å². The summed E-state index contributed by atoms with van der Waals surface area (Å²) in [5.74, 6) is 0. The Morgan fingerprint density at radius 3 is 3.07 bits per heavy atom. The van der Waals surface area contributed by atoms with E-state index in [0.717, 1.165) is 11.4 Å². The van der Waals surface area contributed by atoms with Crippen molar-refractivity contribution in [3.05, 3.63) is 45.9 Å². The largest absolute Gasteiger partial charge is 0.379 e. The minimum Gasteiger partial charge on any atom is -0.379 e. The van der Waals surface area contributed by atoms with Crippen molar-refractivity contribution in [3.8, 4) is 0 Å². The van der Waals surface area contributed by atoms with Crippen molar-refractivity contribution in [1.82, 2.24) is 15.0 Å². The first kappa shape index (κ1) is 9.79. The molecule has 15 heavy (non-hydrogen) atoms. The zero-order chi connectivity index (χ0) is 10.7. The highest BCUT2D eigenvalue weighted by atomic mass is 35.5. The molecule has 0 aliphatic heterocycles. The van der Waals surface area contributed by atoms with E-state index in [2.05, 4.69) is 20.3 Å². The van der Waals surface area contributed by atoms with Crippen LogP contribution in [0.1, 0.15) is 5.69 Å². The summed E-state index contributed by atoms with van der Waals surface area (Å²) >= 11 is 5.72. The first-order valence-corrected chi connectivity index (χ1v) is 4.74. The molecule has 0 bridgehead atoms. The van der Waals surface area contributed by atoms with Crippen molar-refractivity contribution in [2.45, 2.75) is 6.54 Å². The summed E-state index contributed by atoms with van der Waals surface area (Å²) in [6.07, 6.45) is 3.24. The zero-order valence-corrected chi connectivity index (χ0v) is 8.51. The van der Waals surface area contributed by atoms with Gasteiger partial charge in [0.1, 0.15) is 5.15 Å². The molecule has 2 aromatic rings. The maximum Gasteiger partial charge on any atom is 0.323 e. The van der Waals surface area contributed by atoms with Crippen LogP contribution in [0.3, 0.4) is 0 Å². The monoisotopic (exact) mass is 224 g/mol. The van der Waals surface area contributed by atoms with Crippen molar-refractivity contribution in [2.75, 3.05) is 5.32 Å². The van der Waals surface area contributed by atoms with Crippen molar-refractivity contribution in [3.63, 3.8) is 0 Å². The van der Waals surface area contributed by atoms with Crippen LogP contribution >= 0.6 is 11.6 Å². The fourth-order valence-electron chi connectivity index (χ4n) is 1.18. The minimum absolute atomic E-state index is 0.209. The van der Waals surface area contributed by atoms with Crippen molar-refractivity contribution < 1.29 is 0 Å². The lowest BCUT2D eigenvalue weighted by atomic mass is 10.4. The first-order valence-electron chi connectivity index (χ1n) is 4.36. The summed E-state index contributed by atoms with van der Waals surface area (Å²) in [7, 11) is 0. The second kappa shape index (κ2) is 4.18. The highest BCUT2D eigenvalue weighted by Crippen LogP contribution is 2.12. The third-order valence-corrected chi connectivity index (χ3v) is 2.07. The maximum atomic E-state index is 10.8. The van der Waals surface area contributed by atoms with E-state index in [4.69, 9.17) is 11.6 Å². The fraction of sp³-hybridized carbons (Fsp3) is 0.111. The zero-order valence-electron chi connectivity index (χ0n) is 7.75. The van der Waals surface area contributed by atoms with Crippen LogP contribution in [0.15, 0.2) is 29.3 Å². The van der Waals surface area contributed by atoms with Gasteiger partial charge < -0.3 is 15.3 Å². The molecule has 2 aromatic heterocycles. The fourth-order valence-corrected chi connectivity index (χ4v) is 1.35. The Balaban J connectivity index is 2.02. The molecule has 0 spiro atoms. The van der Waals surface area contributed by atoms with E-state index in [0.29, 0.717) is 11.7 Å². The van der Waals surface area contributed by atoms with Gasteiger partial charge in [0.15, 0.2) is 0 Å². The van der Waals surface area contributed by atoms with Crippen LogP contribution in [-0.2, 0) is 6.54 Å². The predicted molar refractivity (Wildman–Crippen MR) is 58.0 cm³/mol. The number of H-pyrrole nitrogens is 2. The lowest BCUT2D eigenvalue weighted by Crippen LogP contribution is -2.04. The predicted octanol–water partition coefficient (Wildman–Crippen LogP) is 1.36. The Morgan fingerprint density at radius 2 is 2.40 bits per heavy atom. The van der Waals surface area contributed by atoms with Crippen LogP contribution in [0.5, 0.6) is 0 Å². The van der Waals surface area contributed by atoms with E-state index in [9.17, 15) is 4.79 Å². The molecule has 0 aliphatic rings. The summed E-state index contributed by atoms with van der Waals surface area (Å²) in [6, 6.07) is 3.52. The molecule has 0 saturated carbocycles. The quantitative estimate of drug-likeness (QED) is 0.690. The number of anilines is 1. The Bertz CT molecular complexity index is 505. The smallest absolute Gasteiger partial charge is 0.323 e. The van der Waals surface area contributed by atoms with Crippen LogP contribution in [0, 0.1) is 0 Å².